The van der Waals surface area contributed by atoms with Crippen LogP contribution in [0.3, 0.4) is 0 Å². The molecule has 0 bridgehead atoms. The number of alkyl halides is 3. The Morgan fingerprint density at radius 1 is 1.22 bits per heavy atom. The van der Waals surface area contributed by atoms with Gasteiger partial charge in [0.05, 0.1) is 10.5 Å². The molecule has 0 aliphatic heterocycles. The number of amides is 1. The lowest BCUT2D eigenvalue weighted by Gasteiger charge is -2.28. The predicted molar refractivity (Wildman–Crippen MR) is 79.5 cm³/mol. The van der Waals surface area contributed by atoms with Crippen molar-refractivity contribution in [2.24, 2.45) is 0 Å². The molecule has 23 heavy (non-hydrogen) atoms. The second-order valence-corrected chi connectivity index (χ2v) is 7.66. The van der Waals surface area contributed by atoms with E-state index in [4.69, 9.17) is 11.6 Å². The van der Waals surface area contributed by atoms with Gasteiger partial charge in [0.25, 0.3) is 0 Å². The van der Waals surface area contributed by atoms with E-state index in [1.165, 1.54) is 27.9 Å². The highest BCUT2D eigenvalue weighted by Gasteiger charge is 2.40. The van der Waals surface area contributed by atoms with E-state index in [-0.39, 0.29) is 5.02 Å². The van der Waals surface area contributed by atoms with Gasteiger partial charge in [-0.05, 0) is 32.0 Å². The third-order valence-electron chi connectivity index (χ3n) is 2.87. The summed E-state index contributed by atoms with van der Waals surface area (Å²) in [6, 6.07) is 2.31. The monoisotopic (exact) mass is 372 g/mol. The van der Waals surface area contributed by atoms with E-state index in [0.717, 1.165) is 17.0 Å². The number of rotatable bonds is 4. The standard InChI is InChI=1S/C13H16ClF3N2O3S/c1-12(2,11(20)19(3)4)18-23(21,22)10-6-5-8(14)7-9(10)13(15,16)17/h5-7,18H,1-4H3. The van der Waals surface area contributed by atoms with Gasteiger partial charge in [0.2, 0.25) is 15.9 Å². The van der Waals surface area contributed by atoms with E-state index in [1.54, 1.807) is 0 Å². The zero-order valence-electron chi connectivity index (χ0n) is 12.8. The van der Waals surface area contributed by atoms with Gasteiger partial charge in [-0.2, -0.15) is 17.9 Å². The predicted octanol–water partition coefficient (Wildman–Crippen LogP) is 2.50. The highest BCUT2D eigenvalue weighted by molar-refractivity contribution is 7.89. The number of likely N-dealkylation sites (N-methyl/N-ethyl adjacent to an activating group) is 1. The van der Waals surface area contributed by atoms with Gasteiger partial charge in [-0.15, -0.1) is 0 Å². The molecule has 130 valence electrons. The first-order valence-corrected chi connectivity index (χ1v) is 8.17. The van der Waals surface area contributed by atoms with Crippen LogP contribution in [0.1, 0.15) is 19.4 Å². The molecule has 0 radical (unpaired) electrons. The molecule has 1 aromatic rings. The molecule has 0 aliphatic carbocycles. The van der Waals surface area contributed by atoms with Crippen molar-refractivity contribution < 1.29 is 26.4 Å². The molecule has 0 atom stereocenters. The van der Waals surface area contributed by atoms with Gasteiger partial charge in [0, 0.05) is 19.1 Å². The minimum atomic E-state index is -4.91. The maximum absolute atomic E-state index is 13.1. The van der Waals surface area contributed by atoms with Gasteiger partial charge in [-0.1, -0.05) is 11.6 Å². The van der Waals surface area contributed by atoms with E-state index < -0.39 is 38.1 Å². The van der Waals surface area contributed by atoms with E-state index in [1.807, 2.05) is 4.72 Å². The zero-order valence-corrected chi connectivity index (χ0v) is 14.4. The number of nitrogens with one attached hydrogen (secondary N) is 1. The zero-order chi connectivity index (χ0) is 18.2. The molecule has 1 amide bonds. The summed E-state index contributed by atoms with van der Waals surface area (Å²) < 4.78 is 65.8. The van der Waals surface area contributed by atoms with E-state index >= 15 is 0 Å². The first kappa shape index (κ1) is 19.7. The maximum atomic E-state index is 13.1. The van der Waals surface area contributed by atoms with Crippen LogP contribution in [0.15, 0.2) is 23.1 Å². The normalized spacial score (nSPS) is 13.0. The van der Waals surface area contributed by atoms with Crippen LogP contribution in [0, 0.1) is 0 Å². The van der Waals surface area contributed by atoms with E-state index in [9.17, 15) is 26.4 Å². The Morgan fingerprint density at radius 3 is 2.17 bits per heavy atom. The number of benzene rings is 1. The SMILES string of the molecule is CN(C)C(=O)C(C)(C)NS(=O)(=O)c1ccc(Cl)cc1C(F)(F)F. The Kier molecular flexibility index (Phi) is 5.40. The fraction of sp³-hybridized carbons (Fsp3) is 0.462. The lowest BCUT2D eigenvalue weighted by molar-refractivity contribution is -0.139. The van der Waals surface area contributed by atoms with Crippen LogP contribution in [-0.2, 0) is 21.0 Å². The van der Waals surface area contributed by atoms with Crippen LogP contribution in [0.5, 0.6) is 0 Å². The summed E-state index contributed by atoms with van der Waals surface area (Å²) in [4.78, 5) is 12.1. The number of hydrogen-bond acceptors (Lipinski definition) is 3. The molecule has 0 unspecified atom stereocenters. The Morgan fingerprint density at radius 2 is 1.74 bits per heavy atom. The van der Waals surface area contributed by atoms with E-state index in [2.05, 4.69) is 0 Å². The third-order valence-corrected chi connectivity index (χ3v) is 4.82. The van der Waals surface area contributed by atoms with Crippen molar-refractivity contribution in [3.8, 4) is 0 Å². The Balaban J connectivity index is 3.38. The molecule has 1 rings (SSSR count). The third kappa shape index (κ3) is 4.58. The Bertz CT molecular complexity index is 716. The van der Waals surface area contributed by atoms with Gasteiger partial charge in [-0.25, -0.2) is 8.42 Å². The number of hydrogen-bond donors (Lipinski definition) is 1. The Labute approximate surface area is 137 Å². The molecule has 1 N–H and O–H groups in total. The average Bonchev–Trinajstić information content (AvgIpc) is 2.34. The molecule has 10 heteroatoms. The molecular weight excluding hydrogens is 357 g/mol. The quantitative estimate of drug-likeness (QED) is 0.883. The van der Waals surface area contributed by atoms with Crippen molar-refractivity contribution in [3.05, 3.63) is 28.8 Å². The summed E-state index contributed by atoms with van der Waals surface area (Å²) in [5.41, 5.74) is -3.02. The summed E-state index contributed by atoms with van der Waals surface area (Å²) in [6.07, 6.45) is -4.91. The molecular formula is C13H16ClF3N2O3S. The Hall–Kier alpha value is -1.32. The van der Waals surface area contributed by atoms with Crippen molar-refractivity contribution in [2.45, 2.75) is 30.5 Å². The first-order valence-electron chi connectivity index (χ1n) is 6.31. The minimum absolute atomic E-state index is 0.250. The van der Waals surface area contributed by atoms with Crippen LogP contribution < -0.4 is 4.72 Å². The molecule has 0 heterocycles. The lowest BCUT2D eigenvalue weighted by Crippen LogP contribution is -2.54. The summed E-state index contributed by atoms with van der Waals surface area (Å²) in [5, 5.41) is -0.250. The second-order valence-electron chi connectivity index (χ2n) is 5.57. The largest absolute Gasteiger partial charge is 0.417 e. The molecule has 1 aromatic carbocycles. The van der Waals surface area contributed by atoms with Gasteiger partial charge < -0.3 is 4.90 Å². The summed E-state index contributed by atoms with van der Waals surface area (Å²) in [7, 11) is -1.79. The van der Waals surface area contributed by atoms with Crippen LogP contribution in [0.25, 0.3) is 0 Å². The maximum Gasteiger partial charge on any atom is 0.417 e. The van der Waals surface area contributed by atoms with Crippen molar-refractivity contribution >= 4 is 27.5 Å². The molecule has 0 aliphatic rings. The van der Waals surface area contributed by atoms with Crippen LogP contribution in [-0.4, -0.2) is 38.9 Å². The van der Waals surface area contributed by atoms with Crippen molar-refractivity contribution in [2.75, 3.05) is 14.1 Å². The molecule has 0 fully saturated rings. The number of nitrogens with zero attached hydrogens (tertiary/aromatic N) is 1. The van der Waals surface area contributed by atoms with Crippen LogP contribution in [0.4, 0.5) is 13.2 Å². The van der Waals surface area contributed by atoms with E-state index in [0.29, 0.717) is 6.07 Å². The van der Waals surface area contributed by atoms with Crippen LogP contribution in [0.2, 0.25) is 5.02 Å². The highest BCUT2D eigenvalue weighted by Crippen LogP contribution is 2.36. The number of carbonyl (C=O) groups is 1. The number of sulfonamides is 1. The molecule has 0 saturated carbocycles. The summed E-state index contributed by atoms with van der Waals surface area (Å²) in [5.74, 6) is -0.608. The van der Waals surface area contributed by atoms with Crippen LogP contribution >= 0.6 is 11.6 Å². The van der Waals surface area contributed by atoms with Gasteiger partial charge in [-0.3, -0.25) is 4.79 Å². The van der Waals surface area contributed by atoms with Crippen molar-refractivity contribution in [1.29, 1.82) is 0 Å². The van der Waals surface area contributed by atoms with Crippen molar-refractivity contribution in [3.63, 3.8) is 0 Å². The van der Waals surface area contributed by atoms with Crippen molar-refractivity contribution in [1.82, 2.24) is 9.62 Å². The highest BCUT2D eigenvalue weighted by atomic mass is 35.5. The number of carbonyl (C=O) groups excluding carboxylic acids is 1. The topological polar surface area (TPSA) is 66.5 Å². The smallest absolute Gasteiger partial charge is 0.347 e. The molecule has 0 saturated heterocycles. The van der Waals surface area contributed by atoms with Gasteiger partial charge in [0.1, 0.15) is 5.54 Å². The molecule has 0 aromatic heterocycles. The molecule has 5 nitrogen and oxygen atoms in total. The second kappa shape index (κ2) is 6.29. The van der Waals surface area contributed by atoms with Gasteiger partial charge in [0.15, 0.2) is 0 Å². The fourth-order valence-electron chi connectivity index (χ4n) is 1.95. The summed E-state index contributed by atoms with van der Waals surface area (Å²) in [6.45, 7) is 2.52. The van der Waals surface area contributed by atoms with Gasteiger partial charge >= 0.3 is 6.18 Å². The average molecular weight is 373 g/mol. The number of halogens is 4. The lowest BCUT2D eigenvalue weighted by atomic mass is 10.1. The first-order chi connectivity index (χ1) is 10.2. The molecule has 0 spiro atoms. The summed E-state index contributed by atoms with van der Waals surface area (Å²) >= 11 is 5.52. The fourth-order valence-corrected chi connectivity index (χ4v) is 3.70. The minimum Gasteiger partial charge on any atom is -0.347 e.